The minimum absolute atomic E-state index is 0.0315. The van der Waals surface area contributed by atoms with Crippen LogP contribution >= 0.6 is 15.9 Å². The fraction of sp³-hybridized carbons (Fsp3) is 0.160. The molecule has 4 rings (SSSR count). The van der Waals surface area contributed by atoms with Crippen LogP contribution in [0.1, 0.15) is 18.2 Å². The van der Waals surface area contributed by atoms with Crippen LogP contribution < -0.4 is 19.6 Å². The predicted octanol–water partition coefficient (Wildman–Crippen LogP) is 7.34. The number of ether oxygens (including phenoxy) is 3. The van der Waals surface area contributed by atoms with Crippen molar-refractivity contribution in [2.45, 2.75) is 19.7 Å². The van der Waals surface area contributed by atoms with Crippen molar-refractivity contribution in [2.75, 3.05) is 6.61 Å². The first-order chi connectivity index (χ1) is 16.3. The number of hydrogen-bond acceptors (Lipinski definition) is 5. The highest BCUT2D eigenvalue weighted by Gasteiger charge is 2.40. The summed E-state index contributed by atoms with van der Waals surface area (Å²) in [6, 6.07) is 17.6. The van der Waals surface area contributed by atoms with Gasteiger partial charge in [0.15, 0.2) is 11.5 Å². The van der Waals surface area contributed by atoms with Gasteiger partial charge in [-0.15, -0.1) is 0 Å². The smallest absolute Gasteiger partial charge is 0.453 e. The van der Waals surface area contributed by atoms with Gasteiger partial charge in [0.05, 0.1) is 12.0 Å². The van der Waals surface area contributed by atoms with E-state index in [-0.39, 0.29) is 41.4 Å². The third kappa shape index (κ3) is 5.20. The van der Waals surface area contributed by atoms with Gasteiger partial charge in [-0.3, -0.25) is 4.79 Å². The number of rotatable bonds is 7. The summed E-state index contributed by atoms with van der Waals surface area (Å²) in [6.07, 6.45) is -4.97. The molecule has 0 radical (unpaired) electrons. The van der Waals surface area contributed by atoms with Gasteiger partial charge in [-0.1, -0.05) is 40.2 Å². The molecule has 0 fully saturated rings. The molecule has 3 aromatic carbocycles. The van der Waals surface area contributed by atoms with Crippen LogP contribution in [0.3, 0.4) is 0 Å². The minimum atomic E-state index is -4.97. The maximum Gasteiger partial charge on any atom is 0.453 e. The number of benzene rings is 3. The van der Waals surface area contributed by atoms with Gasteiger partial charge in [-0.2, -0.15) is 13.2 Å². The van der Waals surface area contributed by atoms with Gasteiger partial charge in [0.25, 0.3) is 5.76 Å². The van der Waals surface area contributed by atoms with Gasteiger partial charge in [0.2, 0.25) is 11.2 Å². The highest BCUT2D eigenvalue weighted by atomic mass is 79.9. The fourth-order valence-corrected chi connectivity index (χ4v) is 3.46. The van der Waals surface area contributed by atoms with E-state index in [1.54, 1.807) is 19.1 Å². The summed E-state index contributed by atoms with van der Waals surface area (Å²) >= 11 is 3.34. The van der Waals surface area contributed by atoms with Crippen LogP contribution in [0, 0.1) is 0 Å². The molecule has 0 N–H and O–H groups in total. The highest BCUT2D eigenvalue weighted by Crippen LogP contribution is 2.40. The lowest BCUT2D eigenvalue weighted by atomic mass is 10.2. The number of halogens is 4. The molecule has 1 heterocycles. The molecule has 1 aromatic heterocycles. The molecule has 0 unspecified atom stereocenters. The molecule has 0 aliphatic carbocycles. The highest BCUT2D eigenvalue weighted by molar-refractivity contribution is 9.10. The molecule has 0 amide bonds. The summed E-state index contributed by atoms with van der Waals surface area (Å²) in [6.45, 7) is 2.17. The first-order valence-electron chi connectivity index (χ1n) is 10.2. The summed E-state index contributed by atoms with van der Waals surface area (Å²) in [5, 5.41) is -0.0760. The average Bonchev–Trinajstić information content (AvgIpc) is 2.81. The van der Waals surface area contributed by atoms with Gasteiger partial charge in [-0.25, -0.2) is 0 Å². The third-order valence-electron chi connectivity index (χ3n) is 4.76. The van der Waals surface area contributed by atoms with E-state index in [2.05, 4.69) is 15.9 Å². The Morgan fingerprint density at radius 1 is 0.941 bits per heavy atom. The van der Waals surface area contributed by atoms with Crippen molar-refractivity contribution in [3.8, 4) is 23.0 Å². The number of alkyl halides is 3. The van der Waals surface area contributed by atoms with Crippen LogP contribution in [0.15, 0.2) is 80.4 Å². The SMILES string of the molecule is CCOc1ccccc1Oc1c(C(F)(F)F)oc2cc(OCc3ccc(Br)cc3)ccc2c1=O. The molecule has 34 heavy (non-hydrogen) atoms. The summed E-state index contributed by atoms with van der Waals surface area (Å²) in [5.74, 6) is -2.08. The molecule has 5 nitrogen and oxygen atoms in total. The van der Waals surface area contributed by atoms with Crippen LogP contribution in [0.4, 0.5) is 13.2 Å². The second-order valence-corrected chi connectivity index (χ2v) is 8.06. The van der Waals surface area contributed by atoms with E-state index in [9.17, 15) is 18.0 Å². The second-order valence-electron chi connectivity index (χ2n) is 7.14. The van der Waals surface area contributed by atoms with Gasteiger partial charge < -0.3 is 18.6 Å². The molecular weight excluding hydrogens is 517 g/mol. The Balaban J connectivity index is 1.72. The molecule has 9 heteroatoms. The lowest BCUT2D eigenvalue weighted by Gasteiger charge is -2.15. The van der Waals surface area contributed by atoms with E-state index in [4.69, 9.17) is 18.6 Å². The normalized spacial score (nSPS) is 11.4. The summed E-state index contributed by atoms with van der Waals surface area (Å²) in [4.78, 5) is 13.0. The Morgan fingerprint density at radius 3 is 2.32 bits per heavy atom. The lowest BCUT2D eigenvalue weighted by Crippen LogP contribution is -2.15. The standard InChI is InChI=1S/C25H18BrF3O5/c1-2-31-19-5-3-4-6-20(19)33-23-22(30)18-12-11-17(13-21(18)34-24(23)25(27,28)29)32-14-15-7-9-16(26)10-8-15/h3-13H,2,14H2,1H3. The van der Waals surface area contributed by atoms with Crippen molar-refractivity contribution < 1.29 is 31.8 Å². The molecule has 0 atom stereocenters. The van der Waals surface area contributed by atoms with Crippen LogP contribution in [-0.4, -0.2) is 6.61 Å². The van der Waals surface area contributed by atoms with E-state index in [0.717, 1.165) is 10.0 Å². The van der Waals surface area contributed by atoms with Crippen molar-refractivity contribution in [3.63, 3.8) is 0 Å². The molecule has 0 bridgehead atoms. The lowest BCUT2D eigenvalue weighted by molar-refractivity contribution is -0.154. The quantitative estimate of drug-likeness (QED) is 0.248. The van der Waals surface area contributed by atoms with Crippen molar-refractivity contribution in [1.29, 1.82) is 0 Å². The largest absolute Gasteiger partial charge is 0.490 e. The molecule has 176 valence electrons. The van der Waals surface area contributed by atoms with E-state index in [1.165, 1.54) is 30.3 Å². The average molecular weight is 535 g/mol. The van der Waals surface area contributed by atoms with Gasteiger partial charge >= 0.3 is 6.18 Å². The van der Waals surface area contributed by atoms with Crippen LogP contribution in [0.2, 0.25) is 0 Å². The topological polar surface area (TPSA) is 57.9 Å². The van der Waals surface area contributed by atoms with Crippen molar-refractivity contribution >= 4 is 26.9 Å². The Hall–Kier alpha value is -3.46. The van der Waals surface area contributed by atoms with Crippen LogP contribution in [0.25, 0.3) is 11.0 Å². The van der Waals surface area contributed by atoms with E-state index < -0.39 is 23.1 Å². The van der Waals surface area contributed by atoms with Crippen LogP contribution in [-0.2, 0) is 12.8 Å². The van der Waals surface area contributed by atoms with E-state index in [0.29, 0.717) is 0 Å². The van der Waals surface area contributed by atoms with Crippen molar-refractivity contribution in [2.24, 2.45) is 0 Å². The number of hydrogen-bond donors (Lipinski definition) is 0. The van der Waals surface area contributed by atoms with Gasteiger partial charge in [0, 0.05) is 10.5 Å². The Morgan fingerprint density at radius 2 is 1.65 bits per heavy atom. The molecule has 0 saturated carbocycles. The zero-order chi connectivity index (χ0) is 24.3. The summed E-state index contributed by atoms with van der Waals surface area (Å²) in [5.41, 5.74) is -0.368. The number of para-hydroxylation sites is 2. The maximum absolute atomic E-state index is 13.8. The van der Waals surface area contributed by atoms with E-state index >= 15 is 0 Å². The van der Waals surface area contributed by atoms with Crippen LogP contribution in [0.5, 0.6) is 23.0 Å². The van der Waals surface area contributed by atoms with E-state index in [1.807, 2.05) is 24.3 Å². The third-order valence-corrected chi connectivity index (χ3v) is 5.29. The summed E-state index contributed by atoms with van der Waals surface area (Å²) < 4.78 is 64.0. The molecular formula is C25H18BrF3O5. The fourth-order valence-electron chi connectivity index (χ4n) is 3.19. The second kappa shape index (κ2) is 9.80. The molecule has 0 saturated heterocycles. The Bertz CT molecular complexity index is 1360. The monoisotopic (exact) mass is 534 g/mol. The van der Waals surface area contributed by atoms with Gasteiger partial charge in [0.1, 0.15) is 17.9 Å². The Kier molecular flexibility index (Phi) is 6.83. The van der Waals surface area contributed by atoms with Gasteiger partial charge in [-0.05, 0) is 48.9 Å². The zero-order valence-electron chi connectivity index (χ0n) is 17.8. The predicted molar refractivity (Wildman–Crippen MR) is 124 cm³/mol. The summed E-state index contributed by atoms with van der Waals surface area (Å²) in [7, 11) is 0. The molecule has 0 spiro atoms. The zero-order valence-corrected chi connectivity index (χ0v) is 19.4. The first kappa shape index (κ1) is 23.7. The van der Waals surface area contributed by atoms with Crippen molar-refractivity contribution in [1.82, 2.24) is 0 Å². The minimum Gasteiger partial charge on any atom is -0.490 e. The Labute approximate surface area is 200 Å². The maximum atomic E-state index is 13.8. The first-order valence-corrected chi connectivity index (χ1v) is 11.0. The van der Waals surface area contributed by atoms with Crippen molar-refractivity contribution in [3.05, 3.63) is 92.7 Å². The molecule has 4 aromatic rings. The number of fused-ring (bicyclic) bond motifs is 1. The molecule has 0 aliphatic heterocycles. The molecule has 0 aliphatic rings.